The van der Waals surface area contributed by atoms with Crippen molar-refractivity contribution in [2.75, 3.05) is 10.6 Å². The number of benzene rings is 3. The third-order valence-electron chi connectivity index (χ3n) is 6.12. The van der Waals surface area contributed by atoms with E-state index in [-0.39, 0.29) is 11.7 Å². The molecule has 0 spiro atoms. The highest BCUT2D eigenvalue weighted by Crippen LogP contribution is 2.63. The molecule has 0 aliphatic heterocycles. The monoisotopic (exact) mass is 464 g/mol. The van der Waals surface area contributed by atoms with E-state index in [9.17, 15) is 14.3 Å². The highest BCUT2D eigenvalue weighted by atomic mass is 35.5. The average molecular weight is 465 g/mol. The van der Waals surface area contributed by atoms with Crippen molar-refractivity contribution in [3.05, 3.63) is 107 Å². The van der Waals surface area contributed by atoms with Crippen LogP contribution in [0.15, 0.2) is 72.9 Å². The Bertz CT molecular complexity index is 1240. The predicted octanol–water partition coefficient (Wildman–Crippen LogP) is 6.27. The van der Waals surface area contributed by atoms with Gasteiger partial charge >= 0.3 is 0 Å². The second-order valence-corrected chi connectivity index (χ2v) is 9.30. The van der Waals surface area contributed by atoms with Crippen LogP contribution in [-0.2, 0) is 0 Å². The third kappa shape index (κ3) is 4.65. The minimum Gasteiger partial charge on any atom is -0.374 e. The van der Waals surface area contributed by atoms with Crippen molar-refractivity contribution in [1.82, 2.24) is 0 Å². The standard InChI is InChI=1S/C27H26ClFN2O2/c1-15-5-10-20(11-6-15)31-26(32)22-14-21(12-8-16(22)2)30-18(4)24-25(27(24,28)33)19-9-7-17(3)23(29)13-19/h5-14,24-25,30,33H,4H2,1-3H3,(H,31,32). The fraction of sp³-hybridized carbons (Fsp3) is 0.222. The van der Waals surface area contributed by atoms with E-state index < -0.39 is 16.9 Å². The quantitative estimate of drug-likeness (QED) is 0.377. The Morgan fingerprint density at radius 2 is 1.61 bits per heavy atom. The number of hydrogen-bond donors (Lipinski definition) is 3. The number of anilines is 2. The van der Waals surface area contributed by atoms with Gasteiger partial charge in [0.05, 0.1) is 5.92 Å². The second-order valence-electron chi connectivity index (χ2n) is 8.69. The molecule has 33 heavy (non-hydrogen) atoms. The molecule has 0 aromatic heterocycles. The van der Waals surface area contributed by atoms with Crippen LogP contribution in [0.1, 0.15) is 38.5 Å². The molecule has 3 atom stereocenters. The number of aliphatic hydroxyl groups is 1. The van der Waals surface area contributed by atoms with Crippen LogP contribution in [0, 0.1) is 32.5 Å². The van der Waals surface area contributed by atoms with Crippen molar-refractivity contribution in [2.45, 2.75) is 31.7 Å². The minimum atomic E-state index is -1.55. The number of amides is 1. The Labute approximate surface area is 198 Å². The molecule has 0 saturated heterocycles. The lowest BCUT2D eigenvalue weighted by Crippen LogP contribution is -2.14. The second kappa shape index (κ2) is 8.65. The molecule has 4 nitrogen and oxygen atoms in total. The van der Waals surface area contributed by atoms with Gasteiger partial charge in [-0.1, -0.05) is 54.1 Å². The van der Waals surface area contributed by atoms with Crippen LogP contribution in [-0.4, -0.2) is 16.1 Å². The molecule has 3 aromatic rings. The molecule has 1 aliphatic rings. The molecule has 3 N–H and O–H groups in total. The van der Waals surface area contributed by atoms with E-state index in [2.05, 4.69) is 17.2 Å². The minimum absolute atomic E-state index is 0.223. The normalized spacial score (nSPS) is 21.4. The van der Waals surface area contributed by atoms with Gasteiger partial charge in [-0.15, -0.1) is 0 Å². The van der Waals surface area contributed by atoms with E-state index in [1.54, 1.807) is 25.1 Å². The van der Waals surface area contributed by atoms with E-state index in [1.807, 2.05) is 50.2 Å². The zero-order chi connectivity index (χ0) is 23.9. The first-order valence-electron chi connectivity index (χ1n) is 10.7. The molecule has 1 aliphatic carbocycles. The third-order valence-corrected chi connectivity index (χ3v) is 6.59. The zero-order valence-corrected chi connectivity index (χ0v) is 19.5. The van der Waals surface area contributed by atoms with Crippen LogP contribution in [0.3, 0.4) is 0 Å². The van der Waals surface area contributed by atoms with Crippen LogP contribution in [0.4, 0.5) is 15.8 Å². The Kier molecular flexibility index (Phi) is 6.04. The molecule has 0 radical (unpaired) electrons. The molecule has 3 unspecified atom stereocenters. The molecule has 3 aromatic carbocycles. The maximum absolute atomic E-state index is 14.0. The first-order chi connectivity index (χ1) is 15.6. The summed E-state index contributed by atoms with van der Waals surface area (Å²) in [6.07, 6.45) is 0. The Hall–Kier alpha value is -3.15. The van der Waals surface area contributed by atoms with Gasteiger partial charge in [-0.2, -0.15) is 0 Å². The lowest BCUT2D eigenvalue weighted by Gasteiger charge is -2.13. The average Bonchev–Trinajstić information content (AvgIpc) is 3.35. The number of carbonyl (C=O) groups is 1. The summed E-state index contributed by atoms with van der Waals surface area (Å²) < 4.78 is 14.0. The van der Waals surface area contributed by atoms with Gasteiger partial charge in [0.15, 0.2) is 5.06 Å². The van der Waals surface area contributed by atoms with Crippen LogP contribution in [0.25, 0.3) is 0 Å². The molecular weight excluding hydrogens is 439 g/mol. The van der Waals surface area contributed by atoms with E-state index in [1.165, 1.54) is 6.07 Å². The fourth-order valence-electron chi connectivity index (χ4n) is 4.06. The lowest BCUT2D eigenvalue weighted by atomic mass is 10.0. The number of halogens is 2. The summed E-state index contributed by atoms with van der Waals surface area (Å²) in [6.45, 7) is 9.58. The van der Waals surface area contributed by atoms with Crippen molar-refractivity contribution < 1.29 is 14.3 Å². The molecule has 1 amide bonds. The first kappa shape index (κ1) is 23.0. The molecule has 4 rings (SSSR count). The van der Waals surface area contributed by atoms with Gasteiger partial charge in [-0.25, -0.2) is 4.39 Å². The highest BCUT2D eigenvalue weighted by molar-refractivity contribution is 6.26. The van der Waals surface area contributed by atoms with Gasteiger partial charge in [-0.05, 0) is 67.8 Å². The molecule has 0 heterocycles. The number of nitrogens with one attached hydrogen (secondary N) is 2. The summed E-state index contributed by atoms with van der Waals surface area (Å²) in [5.74, 6) is -1.55. The summed E-state index contributed by atoms with van der Waals surface area (Å²) in [5, 5.41) is 15.2. The van der Waals surface area contributed by atoms with E-state index >= 15 is 0 Å². The smallest absolute Gasteiger partial charge is 0.256 e. The van der Waals surface area contributed by atoms with Gasteiger partial charge in [0, 0.05) is 28.6 Å². The molecule has 0 bridgehead atoms. The summed E-state index contributed by atoms with van der Waals surface area (Å²) in [5.41, 5.74) is 5.45. The number of rotatable bonds is 6. The molecule has 6 heteroatoms. The number of carbonyl (C=O) groups excluding carboxylic acids is 1. The van der Waals surface area contributed by atoms with Gasteiger partial charge in [0.2, 0.25) is 0 Å². The summed E-state index contributed by atoms with van der Waals surface area (Å²) in [7, 11) is 0. The predicted molar refractivity (Wildman–Crippen MR) is 131 cm³/mol. The van der Waals surface area contributed by atoms with Crippen LogP contribution < -0.4 is 10.6 Å². The Balaban J connectivity index is 1.50. The lowest BCUT2D eigenvalue weighted by molar-refractivity contribution is 0.102. The van der Waals surface area contributed by atoms with Gasteiger partial charge in [-0.3, -0.25) is 4.79 Å². The van der Waals surface area contributed by atoms with E-state index in [0.29, 0.717) is 33.8 Å². The van der Waals surface area contributed by atoms with Crippen molar-refractivity contribution in [1.29, 1.82) is 0 Å². The number of aryl methyl sites for hydroxylation is 3. The fourth-order valence-corrected chi connectivity index (χ4v) is 4.51. The van der Waals surface area contributed by atoms with E-state index in [4.69, 9.17) is 11.6 Å². The SMILES string of the molecule is C=C(Nc1ccc(C)c(C(=O)Nc2ccc(C)cc2)c1)C1C(c2ccc(C)c(F)c2)C1(O)Cl. The molecular formula is C27H26ClFN2O2. The van der Waals surface area contributed by atoms with Crippen molar-refractivity contribution in [3.63, 3.8) is 0 Å². The number of hydrogen-bond acceptors (Lipinski definition) is 3. The van der Waals surface area contributed by atoms with Crippen LogP contribution >= 0.6 is 11.6 Å². The summed E-state index contributed by atoms with van der Waals surface area (Å²) >= 11 is 6.34. The Morgan fingerprint density at radius 1 is 0.970 bits per heavy atom. The van der Waals surface area contributed by atoms with Crippen molar-refractivity contribution >= 4 is 28.9 Å². The van der Waals surface area contributed by atoms with Crippen LogP contribution in [0.2, 0.25) is 0 Å². The van der Waals surface area contributed by atoms with Crippen LogP contribution in [0.5, 0.6) is 0 Å². The number of alkyl halides is 1. The van der Waals surface area contributed by atoms with E-state index in [0.717, 1.165) is 11.1 Å². The summed E-state index contributed by atoms with van der Waals surface area (Å²) in [6, 6.07) is 17.8. The van der Waals surface area contributed by atoms with Gasteiger partial charge < -0.3 is 15.7 Å². The topological polar surface area (TPSA) is 61.4 Å². The highest BCUT2D eigenvalue weighted by Gasteiger charge is 2.65. The van der Waals surface area contributed by atoms with Gasteiger partial charge in [0.25, 0.3) is 5.91 Å². The maximum Gasteiger partial charge on any atom is 0.256 e. The first-order valence-corrected chi connectivity index (χ1v) is 11.1. The molecule has 170 valence electrons. The molecule has 1 saturated carbocycles. The largest absolute Gasteiger partial charge is 0.374 e. The van der Waals surface area contributed by atoms with Crippen molar-refractivity contribution in [3.8, 4) is 0 Å². The maximum atomic E-state index is 14.0. The zero-order valence-electron chi connectivity index (χ0n) is 18.7. The molecule has 1 fully saturated rings. The van der Waals surface area contributed by atoms with Crippen molar-refractivity contribution in [2.24, 2.45) is 5.92 Å². The van der Waals surface area contributed by atoms with Gasteiger partial charge in [0.1, 0.15) is 5.82 Å². The Morgan fingerprint density at radius 3 is 2.27 bits per heavy atom. The summed E-state index contributed by atoms with van der Waals surface area (Å²) in [4.78, 5) is 12.8.